The van der Waals surface area contributed by atoms with Crippen LogP contribution in [0.25, 0.3) is 0 Å². The Morgan fingerprint density at radius 3 is 2.63 bits per heavy atom. The number of phenolic OH excluding ortho intramolecular Hbond substituents is 1. The van der Waals surface area contributed by atoms with Crippen LogP contribution in [-0.2, 0) is 6.54 Å². The second-order valence-corrected chi connectivity index (χ2v) is 5.73. The molecular weight excluding hydrogens is 256 g/mol. The minimum Gasteiger partial charge on any atom is -0.508 e. The summed E-state index contributed by atoms with van der Waals surface area (Å²) in [4.78, 5) is 3.57. The molecule has 2 aromatic rings. The zero-order chi connectivity index (χ0) is 13.7. The third-order valence-electron chi connectivity index (χ3n) is 3.14. The molecule has 0 saturated carbocycles. The van der Waals surface area contributed by atoms with Crippen molar-refractivity contribution in [3.63, 3.8) is 0 Å². The van der Waals surface area contributed by atoms with Crippen LogP contribution in [0.3, 0.4) is 0 Å². The Labute approximate surface area is 118 Å². The van der Waals surface area contributed by atoms with Crippen LogP contribution in [0.1, 0.15) is 16.5 Å². The quantitative estimate of drug-likeness (QED) is 0.851. The maximum atomic E-state index is 9.72. The molecule has 0 bridgehead atoms. The van der Waals surface area contributed by atoms with Gasteiger partial charge in [0.05, 0.1) is 6.04 Å². The number of benzene rings is 1. The SMILES string of the molecule is CN(C)C(CNCc1ccccc1O)c1cccs1. The first kappa shape index (κ1) is 14.1. The standard InChI is InChI=1S/C15H20N2OS/c1-17(2)13(15-8-5-9-19-15)11-16-10-12-6-3-4-7-14(12)18/h3-9,13,16,18H,10-11H2,1-2H3. The van der Waals surface area contributed by atoms with Gasteiger partial charge < -0.3 is 15.3 Å². The molecule has 1 aromatic heterocycles. The van der Waals surface area contributed by atoms with Gasteiger partial charge in [0, 0.05) is 23.5 Å². The van der Waals surface area contributed by atoms with E-state index >= 15 is 0 Å². The number of rotatable bonds is 6. The van der Waals surface area contributed by atoms with Crippen LogP contribution in [0.5, 0.6) is 5.75 Å². The second-order valence-electron chi connectivity index (χ2n) is 4.75. The molecule has 2 N–H and O–H groups in total. The minimum absolute atomic E-state index is 0.354. The lowest BCUT2D eigenvalue weighted by Crippen LogP contribution is -2.30. The van der Waals surface area contributed by atoms with Gasteiger partial charge in [-0.15, -0.1) is 11.3 Å². The van der Waals surface area contributed by atoms with Crippen LogP contribution < -0.4 is 5.32 Å². The molecule has 2 rings (SSSR count). The summed E-state index contributed by atoms with van der Waals surface area (Å²) >= 11 is 1.78. The number of likely N-dealkylation sites (N-methyl/N-ethyl adjacent to an activating group) is 1. The third kappa shape index (κ3) is 3.80. The largest absolute Gasteiger partial charge is 0.508 e. The van der Waals surface area contributed by atoms with E-state index in [2.05, 4.69) is 41.8 Å². The molecule has 3 nitrogen and oxygen atoms in total. The zero-order valence-corrected chi connectivity index (χ0v) is 12.2. The van der Waals surface area contributed by atoms with E-state index in [9.17, 15) is 5.11 Å². The van der Waals surface area contributed by atoms with E-state index in [4.69, 9.17) is 0 Å². The number of hydrogen-bond acceptors (Lipinski definition) is 4. The van der Waals surface area contributed by atoms with Crippen LogP contribution >= 0.6 is 11.3 Å². The van der Waals surface area contributed by atoms with Gasteiger partial charge in [-0.05, 0) is 31.6 Å². The molecule has 0 radical (unpaired) electrons. The molecule has 0 aliphatic rings. The van der Waals surface area contributed by atoms with E-state index < -0.39 is 0 Å². The Kier molecular flexibility index (Phi) is 4.96. The van der Waals surface area contributed by atoms with Gasteiger partial charge in [-0.2, -0.15) is 0 Å². The molecule has 0 fully saturated rings. The number of hydrogen-bond donors (Lipinski definition) is 2. The van der Waals surface area contributed by atoms with Crippen molar-refractivity contribution in [3.8, 4) is 5.75 Å². The summed E-state index contributed by atoms with van der Waals surface area (Å²) in [6.45, 7) is 1.55. The first-order valence-electron chi connectivity index (χ1n) is 6.36. The number of thiophene rings is 1. The van der Waals surface area contributed by atoms with E-state index in [1.54, 1.807) is 17.4 Å². The summed E-state index contributed by atoms with van der Waals surface area (Å²) in [5.41, 5.74) is 0.936. The van der Waals surface area contributed by atoms with Gasteiger partial charge in [0.2, 0.25) is 0 Å². The monoisotopic (exact) mass is 276 g/mol. The maximum Gasteiger partial charge on any atom is 0.120 e. The van der Waals surface area contributed by atoms with Gasteiger partial charge in [0.1, 0.15) is 5.75 Å². The summed E-state index contributed by atoms with van der Waals surface area (Å²) in [6, 6.07) is 12.1. The highest BCUT2D eigenvalue weighted by Gasteiger charge is 2.14. The van der Waals surface area contributed by atoms with Gasteiger partial charge in [0.25, 0.3) is 0 Å². The molecule has 0 aliphatic heterocycles. The molecule has 1 heterocycles. The Balaban J connectivity index is 1.92. The minimum atomic E-state index is 0.354. The van der Waals surface area contributed by atoms with Gasteiger partial charge in [-0.1, -0.05) is 24.3 Å². The Morgan fingerprint density at radius 1 is 1.21 bits per heavy atom. The smallest absolute Gasteiger partial charge is 0.120 e. The summed E-state index contributed by atoms with van der Waals surface area (Å²) in [5, 5.41) is 15.2. The van der Waals surface area contributed by atoms with Crippen LogP contribution in [0.4, 0.5) is 0 Å². The highest BCUT2D eigenvalue weighted by atomic mass is 32.1. The molecule has 102 valence electrons. The fourth-order valence-corrected chi connectivity index (χ4v) is 2.95. The molecule has 1 unspecified atom stereocenters. The predicted molar refractivity (Wildman–Crippen MR) is 80.6 cm³/mol. The number of nitrogens with zero attached hydrogens (tertiary/aromatic N) is 1. The van der Waals surface area contributed by atoms with Crippen molar-refractivity contribution < 1.29 is 5.11 Å². The van der Waals surface area contributed by atoms with Gasteiger partial charge in [0.15, 0.2) is 0 Å². The first-order chi connectivity index (χ1) is 9.18. The highest BCUT2D eigenvalue weighted by molar-refractivity contribution is 7.10. The van der Waals surface area contributed by atoms with Crippen molar-refractivity contribution in [1.29, 1.82) is 0 Å². The van der Waals surface area contributed by atoms with Crippen molar-refractivity contribution in [1.82, 2.24) is 10.2 Å². The molecule has 0 aliphatic carbocycles. The van der Waals surface area contributed by atoms with Crippen molar-refractivity contribution in [2.24, 2.45) is 0 Å². The summed E-state index contributed by atoms with van der Waals surface area (Å²) in [6.07, 6.45) is 0. The third-order valence-corrected chi connectivity index (χ3v) is 4.11. The Morgan fingerprint density at radius 2 is 2.00 bits per heavy atom. The fraction of sp³-hybridized carbons (Fsp3) is 0.333. The average Bonchev–Trinajstić information content (AvgIpc) is 2.89. The van der Waals surface area contributed by atoms with Gasteiger partial charge in [-0.25, -0.2) is 0 Å². The Hall–Kier alpha value is -1.36. The van der Waals surface area contributed by atoms with E-state index in [0.717, 1.165) is 12.1 Å². The van der Waals surface area contributed by atoms with E-state index in [1.165, 1.54) is 4.88 Å². The van der Waals surface area contributed by atoms with Crippen molar-refractivity contribution in [2.75, 3.05) is 20.6 Å². The molecular formula is C15H20N2OS. The molecule has 0 spiro atoms. The fourth-order valence-electron chi connectivity index (χ4n) is 2.02. The topological polar surface area (TPSA) is 35.5 Å². The van der Waals surface area contributed by atoms with Crippen LogP contribution in [0.15, 0.2) is 41.8 Å². The lowest BCUT2D eigenvalue weighted by molar-refractivity contribution is 0.292. The second kappa shape index (κ2) is 6.70. The predicted octanol–water partition coefficient (Wildman–Crippen LogP) is 2.85. The van der Waals surface area contributed by atoms with Crippen LogP contribution in [-0.4, -0.2) is 30.6 Å². The first-order valence-corrected chi connectivity index (χ1v) is 7.24. The normalized spacial score (nSPS) is 12.8. The summed E-state index contributed by atoms with van der Waals surface area (Å²) in [7, 11) is 4.18. The molecule has 4 heteroatoms. The lowest BCUT2D eigenvalue weighted by Gasteiger charge is -2.23. The van der Waals surface area contributed by atoms with Crippen molar-refractivity contribution in [3.05, 3.63) is 52.2 Å². The van der Waals surface area contributed by atoms with Crippen LogP contribution in [0, 0.1) is 0 Å². The number of para-hydroxylation sites is 1. The van der Waals surface area contributed by atoms with Crippen LogP contribution in [0.2, 0.25) is 0 Å². The number of aromatic hydroxyl groups is 1. The van der Waals surface area contributed by atoms with Crippen molar-refractivity contribution in [2.45, 2.75) is 12.6 Å². The molecule has 0 amide bonds. The molecule has 0 saturated heterocycles. The van der Waals surface area contributed by atoms with Crippen molar-refractivity contribution >= 4 is 11.3 Å². The van der Waals surface area contributed by atoms with Gasteiger partial charge >= 0.3 is 0 Å². The Bertz CT molecular complexity index is 497. The molecule has 19 heavy (non-hydrogen) atoms. The molecule has 1 atom stereocenters. The lowest BCUT2D eigenvalue weighted by atomic mass is 10.2. The molecule has 1 aromatic carbocycles. The van der Waals surface area contributed by atoms with E-state index in [1.807, 2.05) is 18.2 Å². The summed E-state index contributed by atoms with van der Waals surface area (Å²) in [5.74, 6) is 0.354. The zero-order valence-electron chi connectivity index (χ0n) is 11.3. The van der Waals surface area contributed by atoms with E-state index in [-0.39, 0.29) is 0 Å². The number of phenols is 1. The van der Waals surface area contributed by atoms with E-state index in [0.29, 0.717) is 18.3 Å². The number of nitrogens with one attached hydrogen (secondary N) is 1. The average molecular weight is 276 g/mol. The van der Waals surface area contributed by atoms with Gasteiger partial charge in [-0.3, -0.25) is 0 Å². The summed E-state index contributed by atoms with van der Waals surface area (Å²) < 4.78 is 0. The maximum absolute atomic E-state index is 9.72. The highest BCUT2D eigenvalue weighted by Crippen LogP contribution is 2.22.